The number of aromatic nitrogens is 2. The van der Waals surface area contributed by atoms with E-state index in [0.29, 0.717) is 25.3 Å². The first-order valence-electron chi connectivity index (χ1n) is 9.29. The van der Waals surface area contributed by atoms with Gasteiger partial charge in [-0.3, -0.25) is 18.7 Å². The molecule has 2 rings (SSSR count). The van der Waals surface area contributed by atoms with Crippen LogP contribution < -0.4 is 16.6 Å². The molecular weight excluding hydrogens is 408 g/mol. The maximum Gasteiger partial charge on any atom is 0.333 e. The van der Waals surface area contributed by atoms with Gasteiger partial charge in [-0.15, -0.1) is 0 Å². The fraction of sp³-hybridized carbons (Fsp3) is 0.400. The Bertz CT molecular complexity index is 1060. The van der Waals surface area contributed by atoms with E-state index in [1.54, 1.807) is 13.2 Å². The number of nitrogens with one attached hydrogen (secondary N) is 1. The average molecular weight is 435 g/mol. The Morgan fingerprint density at radius 2 is 2.00 bits per heavy atom. The monoisotopic (exact) mass is 434 g/mol. The topological polar surface area (TPSA) is 115 Å². The van der Waals surface area contributed by atoms with E-state index in [0.717, 1.165) is 26.5 Å². The number of carbonyl (C=O) groups is 1. The maximum atomic E-state index is 12.7. The highest BCUT2D eigenvalue weighted by molar-refractivity contribution is 8.15. The van der Waals surface area contributed by atoms with Gasteiger partial charge in [0.15, 0.2) is 0 Å². The van der Waals surface area contributed by atoms with E-state index in [9.17, 15) is 19.5 Å². The number of aromatic hydroxyl groups is 1. The van der Waals surface area contributed by atoms with Crippen LogP contribution in [0, 0.1) is 6.92 Å². The molecule has 162 valence electrons. The zero-order chi connectivity index (χ0) is 22.3. The van der Waals surface area contributed by atoms with Crippen molar-refractivity contribution in [3.05, 3.63) is 56.2 Å². The van der Waals surface area contributed by atoms with Crippen molar-refractivity contribution in [3.63, 3.8) is 0 Å². The fourth-order valence-corrected chi connectivity index (χ4v) is 3.49. The van der Waals surface area contributed by atoms with Gasteiger partial charge in [-0.1, -0.05) is 23.9 Å². The minimum atomic E-state index is -0.685. The smallest absolute Gasteiger partial charge is 0.333 e. The van der Waals surface area contributed by atoms with Crippen molar-refractivity contribution in [2.75, 3.05) is 26.0 Å². The number of hydrogen-bond acceptors (Lipinski definition) is 7. The van der Waals surface area contributed by atoms with Crippen molar-refractivity contribution in [2.24, 2.45) is 19.1 Å². The quantitative estimate of drug-likeness (QED) is 0.365. The molecule has 0 aliphatic heterocycles. The van der Waals surface area contributed by atoms with Gasteiger partial charge in [-0.2, -0.15) is 0 Å². The van der Waals surface area contributed by atoms with Crippen LogP contribution in [-0.2, 0) is 23.6 Å². The SMILES string of the molecule is COCCCNC(=O)CSC(=Nc1cccc(C)c1)c1c(O)n(C)c(=O)n(C)c1=O. The van der Waals surface area contributed by atoms with Gasteiger partial charge < -0.3 is 15.2 Å². The third kappa shape index (κ3) is 5.83. The van der Waals surface area contributed by atoms with Crippen molar-refractivity contribution >= 4 is 28.4 Å². The summed E-state index contributed by atoms with van der Waals surface area (Å²) in [4.78, 5) is 41.5. The Morgan fingerprint density at radius 1 is 1.27 bits per heavy atom. The second-order valence-corrected chi connectivity index (χ2v) is 7.61. The maximum absolute atomic E-state index is 12.7. The first-order valence-corrected chi connectivity index (χ1v) is 10.3. The summed E-state index contributed by atoms with van der Waals surface area (Å²) in [5, 5.41) is 13.4. The number of carbonyl (C=O) groups excluding carboxylic acids is 1. The summed E-state index contributed by atoms with van der Waals surface area (Å²) in [7, 11) is 4.27. The van der Waals surface area contributed by atoms with E-state index in [4.69, 9.17) is 4.74 Å². The first-order chi connectivity index (χ1) is 14.3. The summed E-state index contributed by atoms with van der Waals surface area (Å²) in [6.07, 6.45) is 0.680. The third-order valence-electron chi connectivity index (χ3n) is 4.27. The molecule has 0 saturated carbocycles. The molecule has 0 aliphatic carbocycles. The lowest BCUT2D eigenvalue weighted by atomic mass is 10.2. The minimum Gasteiger partial charge on any atom is -0.494 e. The zero-order valence-corrected chi connectivity index (χ0v) is 18.3. The molecule has 30 heavy (non-hydrogen) atoms. The largest absolute Gasteiger partial charge is 0.494 e. The lowest BCUT2D eigenvalue weighted by Crippen LogP contribution is -2.39. The van der Waals surface area contributed by atoms with E-state index in [1.807, 2.05) is 25.1 Å². The standard InChI is InChI=1S/C20H26N4O5S/c1-13-7-5-8-14(11-13)22-17(30-12-15(25)21-9-6-10-29-4)16-18(26)23(2)20(28)24(3)19(16)27/h5,7-8,11,26H,6,9-10,12H2,1-4H3,(H,21,25). The van der Waals surface area contributed by atoms with E-state index in [1.165, 1.54) is 14.1 Å². The molecule has 0 atom stereocenters. The molecule has 1 amide bonds. The highest BCUT2D eigenvalue weighted by Crippen LogP contribution is 2.23. The van der Waals surface area contributed by atoms with Crippen molar-refractivity contribution in [1.29, 1.82) is 0 Å². The minimum absolute atomic E-state index is 0.0108. The van der Waals surface area contributed by atoms with Crippen molar-refractivity contribution < 1.29 is 14.6 Å². The predicted molar refractivity (Wildman–Crippen MR) is 118 cm³/mol. The van der Waals surface area contributed by atoms with Crippen LogP contribution in [0.1, 0.15) is 17.5 Å². The number of nitrogens with zero attached hydrogens (tertiary/aromatic N) is 3. The number of methoxy groups -OCH3 is 1. The van der Waals surface area contributed by atoms with Crippen molar-refractivity contribution in [2.45, 2.75) is 13.3 Å². The third-order valence-corrected chi connectivity index (χ3v) is 5.24. The number of ether oxygens (including phenoxy) is 1. The van der Waals surface area contributed by atoms with Crippen molar-refractivity contribution in [3.8, 4) is 5.88 Å². The number of thioether (sulfide) groups is 1. The molecule has 9 nitrogen and oxygen atoms in total. The van der Waals surface area contributed by atoms with Gasteiger partial charge in [0, 0.05) is 34.4 Å². The van der Waals surface area contributed by atoms with E-state index < -0.39 is 17.1 Å². The fourth-order valence-electron chi connectivity index (χ4n) is 2.63. The van der Waals surface area contributed by atoms with Crippen LogP contribution in [0.5, 0.6) is 5.88 Å². The summed E-state index contributed by atoms with van der Waals surface area (Å²) in [6.45, 7) is 2.90. The van der Waals surface area contributed by atoms with Gasteiger partial charge >= 0.3 is 5.69 Å². The van der Waals surface area contributed by atoms with Crippen LogP contribution in [0.25, 0.3) is 0 Å². The molecule has 0 spiro atoms. The van der Waals surface area contributed by atoms with Gasteiger partial charge in [0.25, 0.3) is 5.56 Å². The van der Waals surface area contributed by atoms with Gasteiger partial charge in [0.2, 0.25) is 11.8 Å². The van der Waals surface area contributed by atoms with Gasteiger partial charge in [-0.25, -0.2) is 9.79 Å². The molecule has 1 aromatic carbocycles. The summed E-state index contributed by atoms with van der Waals surface area (Å²) >= 11 is 1.02. The molecular formula is C20H26N4O5S. The highest BCUT2D eigenvalue weighted by Gasteiger charge is 2.21. The Balaban J connectivity index is 2.40. The van der Waals surface area contributed by atoms with E-state index >= 15 is 0 Å². The van der Waals surface area contributed by atoms with Crippen LogP contribution in [0.4, 0.5) is 5.69 Å². The molecule has 0 saturated heterocycles. The zero-order valence-electron chi connectivity index (χ0n) is 17.5. The number of hydrogen-bond donors (Lipinski definition) is 2. The highest BCUT2D eigenvalue weighted by atomic mass is 32.2. The van der Waals surface area contributed by atoms with Crippen LogP contribution >= 0.6 is 11.8 Å². The number of amides is 1. The molecule has 1 aromatic heterocycles. The summed E-state index contributed by atoms with van der Waals surface area (Å²) in [5.41, 5.74) is 0.0627. The van der Waals surface area contributed by atoms with Crippen LogP contribution in [0.15, 0.2) is 38.8 Å². The summed E-state index contributed by atoms with van der Waals surface area (Å²) in [6, 6.07) is 7.29. The van der Waals surface area contributed by atoms with Crippen LogP contribution in [0.2, 0.25) is 0 Å². The van der Waals surface area contributed by atoms with E-state index in [-0.39, 0.29) is 22.3 Å². The normalized spacial score (nSPS) is 11.5. The Kier molecular flexibility index (Phi) is 8.43. The summed E-state index contributed by atoms with van der Waals surface area (Å²) in [5.74, 6) is -0.750. The molecule has 1 heterocycles. The van der Waals surface area contributed by atoms with Gasteiger partial charge in [-0.05, 0) is 31.0 Å². The lowest BCUT2D eigenvalue weighted by molar-refractivity contribution is -0.118. The Morgan fingerprint density at radius 3 is 2.67 bits per heavy atom. The lowest BCUT2D eigenvalue weighted by Gasteiger charge is -2.12. The van der Waals surface area contributed by atoms with Crippen molar-refractivity contribution in [1.82, 2.24) is 14.5 Å². The number of aliphatic imine (C=N–C) groups is 1. The molecule has 0 fully saturated rings. The van der Waals surface area contributed by atoms with Gasteiger partial charge in [0.1, 0.15) is 10.6 Å². The second-order valence-electron chi connectivity index (χ2n) is 6.65. The molecule has 0 aliphatic rings. The number of aryl methyl sites for hydroxylation is 1. The summed E-state index contributed by atoms with van der Waals surface area (Å²) < 4.78 is 6.81. The molecule has 0 bridgehead atoms. The predicted octanol–water partition coefficient (Wildman–Crippen LogP) is 1.06. The molecule has 10 heteroatoms. The second kappa shape index (κ2) is 10.8. The first kappa shape index (κ1) is 23.4. The van der Waals surface area contributed by atoms with Gasteiger partial charge in [0.05, 0.1) is 11.4 Å². The van der Waals surface area contributed by atoms with Crippen LogP contribution in [-0.4, -0.2) is 51.2 Å². The number of benzene rings is 1. The van der Waals surface area contributed by atoms with E-state index in [2.05, 4.69) is 10.3 Å². The Labute approximate surface area is 178 Å². The Hall–Kier alpha value is -2.85. The average Bonchev–Trinajstić information content (AvgIpc) is 2.72. The van der Waals surface area contributed by atoms with Crippen LogP contribution in [0.3, 0.4) is 0 Å². The molecule has 2 N–H and O–H groups in total. The molecule has 2 aromatic rings. The molecule has 0 radical (unpaired) electrons. The molecule has 0 unspecified atom stereocenters. The number of rotatable bonds is 8.